The Labute approximate surface area is 158 Å². The van der Waals surface area contributed by atoms with Crippen LogP contribution in [0.4, 0.5) is 4.79 Å². The van der Waals surface area contributed by atoms with Gasteiger partial charge in [-0.15, -0.1) is 11.3 Å². The third-order valence-electron chi connectivity index (χ3n) is 4.68. The quantitative estimate of drug-likeness (QED) is 0.837. The monoisotopic (exact) mass is 377 g/mol. The van der Waals surface area contributed by atoms with Crippen LogP contribution < -0.4 is 5.32 Å². The van der Waals surface area contributed by atoms with Gasteiger partial charge in [0.05, 0.1) is 18.3 Å². The van der Waals surface area contributed by atoms with Gasteiger partial charge in [0, 0.05) is 58.0 Å². The number of carbonyl (C=O) groups is 1. The van der Waals surface area contributed by atoms with Crippen LogP contribution in [-0.4, -0.2) is 65.5 Å². The van der Waals surface area contributed by atoms with Gasteiger partial charge in [0.2, 0.25) is 0 Å². The molecule has 0 aromatic carbocycles. The molecule has 8 heteroatoms. The maximum atomic E-state index is 12.8. The molecule has 0 spiro atoms. The molecule has 1 atom stereocenters. The molecule has 1 N–H and O–H groups in total. The smallest absolute Gasteiger partial charge is 0.318 e. The standard InChI is InChI=1S/C18H27N5O2S/c1-21-17(6-7-19-21)16(14-25-2)20-18(24)23-9-4-8-22(10-11-23)13-15-5-3-12-26-15/h3,5-7,12,16H,4,8-11,13-14H2,1-2H3,(H,20,24). The second-order valence-electron chi connectivity index (χ2n) is 6.53. The molecule has 26 heavy (non-hydrogen) atoms. The molecular formula is C18H27N5O2S. The van der Waals surface area contributed by atoms with Gasteiger partial charge in [0.25, 0.3) is 0 Å². The number of amides is 2. The second-order valence-corrected chi connectivity index (χ2v) is 7.57. The average molecular weight is 378 g/mol. The Kier molecular flexibility index (Phi) is 6.65. The summed E-state index contributed by atoms with van der Waals surface area (Å²) in [5, 5.41) is 9.41. The summed E-state index contributed by atoms with van der Waals surface area (Å²) in [4.78, 5) is 18.5. The molecule has 0 radical (unpaired) electrons. The third kappa shape index (κ3) is 4.84. The molecule has 3 heterocycles. The Balaban J connectivity index is 1.56. The van der Waals surface area contributed by atoms with Crippen LogP contribution in [0.2, 0.25) is 0 Å². The number of aromatic nitrogens is 2. The van der Waals surface area contributed by atoms with Crippen LogP contribution in [0.15, 0.2) is 29.8 Å². The first-order chi connectivity index (χ1) is 12.7. The normalized spacial score (nSPS) is 17.1. The van der Waals surface area contributed by atoms with Gasteiger partial charge in [-0.2, -0.15) is 5.10 Å². The van der Waals surface area contributed by atoms with Crippen molar-refractivity contribution in [1.82, 2.24) is 24.9 Å². The molecule has 2 aromatic rings. The van der Waals surface area contributed by atoms with Gasteiger partial charge in [0.15, 0.2) is 0 Å². The number of nitrogens with one attached hydrogen (secondary N) is 1. The van der Waals surface area contributed by atoms with Gasteiger partial charge < -0.3 is 15.0 Å². The number of ether oxygens (including phenoxy) is 1. The molecule has 2 aromatic heterocycles. The van der Waals surface area contributed by atoms with E-state index in [1.54, 1.807) is 29.3 Å². The molecule has 1 fully saturated rings. The van der Waals surface area contributed by atoms with Gasteiger partial charge >= 0.3 is 6.03 Å². The number of nitrogens with zero attached hydrogens (tertiary/aromatic N) is 4. The van der Waals surface area contributed by atoms with E-state index in [2.05, 4.69) is 32.8 Å². The maximum absolute atomic E-state index is 12.8. The first kappa shape index (κ1) is 18.9. The van der Waals surface area contributed by atoms with Gasteiger partial charge in [-0.3, -0.25) is 9.58 Å². The molecule has 0 aliphatic carbocycles. The highest BCUT2D eigenvalue weighted by Gasteiger charge is 2.23. The zero-order valence-electron chi connectivity index (χ0n) is 15.4. The molecular weight excluding hydrogens is 350 g/mol. The van der Waals surface area contributed by atoms with E-state index in [4.69, 9.17) is 4.74 Å². The first-order valence-electron chi connectivity index (χ1n) is 8.94. The minimum atomic E-state index is -0.203. The topological polar surface area (TPSA) is 62.6 Å². The average Bonchev–Trinajstić information content (AvgIpc) is 3.22. The van der Waals surface area contributed by atoms with Crippen LogP contribution in [0.3, 0.4) is 0 Å². The number of rotatable bonds is 6. The Hall–Kier alpha value is -1.90. The molecule has 3 rings (SSSR count). The highest BCUT2D eigenvalue weighted by molar-refractivity contribution is 7.09. The van der Waals surface area contributed by atoms with Crippen LogP contribution >= 0.6 is 11.3 Å². The fourth-order valence-corrected chi connectivity index (χ4v) is 4.04. The predicted molar refractivity (Wildman–Crippen MR) is 102 cm³/mol. The maximum Gasteiger partial charge on any atom is 0.318 e. The van der Waals surface area contributed by atoms with Crippen LogP contribution in [0.25, 0.3) is 0 Å². The van der Waals surface area contributed by atoms with Gasteiger partial charge in [-0.1, -0.05) is 6.07 Å². The summed E-state index contributed by atoms with van der Waals surface area (Å²) < 4.78 is 7.06. The fraction of sp³-hybridized carbons (Fsp3) is 0.556. The lowest BCUT2D eigenvalue weighted by atomic mass is 10.2. The number of methoxy groups -OCH3 is 1. The molecule has 0 bridgehead atoms. The minimum absolute atomic E-state index is 0.0359. The first-order valence-corrected chi connectivity index (χ1v) is 9.82. The van der Waals surface area contributed by atoms with Crippen molar-refractivity contribution in [2.24, 2.45) is 7.05 Å². The lowest BCUT2D eigenvalue weighted by Crippen LogP contribution is -2.44. The summed E-state index contributed by atoms with van der Waals surface area (Å²) in [6, 6.07) is 5.93. The van der Waals surface area contributed by atoms with Crippen molar-refractivity contribution in [3.63, 3.8) is 0 Å². The van der Waals surface area contributed by atoms with E-state index in [-0.39, 0.29) is 12.1 Å². The third-order valence-corrected chi connectivity index (χ3v) is 5.54. The van der Waals surface area contributed by atoms with Gasteiger partial charge in [-0.25, -0.2) is 4.79 Å². The zero-order chi connectivity index (χ0) is 18.4. The SMILES string of the molecule is COCC(NC(=O)N1CCCN(Cc2cccs2)CC1)c1ccnn1C. The summed E-state index contributed by atoms with van der Waals surface area (Å²) in [5.74, 6) is 0. The molecule has 1 unspecified atom stereocenters. The predicted octanol–water partition coefficient (Wildman–Crippen LogP) is 2.09. The van der Waals surface area contributed by atoms with Crippen LogP contribution in [-0.2, 0) is 18.3 Å². The number of thiophene rings is 1. The van der Waals surface area contributed by atoms with Gasteiger partial charge in [0.1, 0.15) is 0 Å². The number of aryl methyl sites for hydroxylation is 1. The number of urea groups is 1. The molecule has 2 amide bonds. The summed E-state index contributed by atoms with van der Waals surface area (Å²) in [5.41, 5.74) is 0.939. The molecule has 1 saturated heterocycles. The fourth-order valence-electron chi connectivity index (χ4n) is 3.29. The van der Waals surface area contributed by atoms with E-state index in [1.165, 1.54) is 4.88 Å². The van der Waals surface area contributed by atoms with E-state index < -0.39 is 0 Å². The summed E-state index contributed by atoms with van der Waals surface area (Å²) in [7, 11) is 3.52. The lowest BCUT2D eigenvalue weighted by Gasteiger charge is -2.25. The van der Waals surface area contributed by atoms with Crippen molar-refractivity contribution >= 4 is 17.4 Å². The summed E-state index contributed by atoms with van der Waals surface area (Å²) in [6.07, 6.45) is 2.72. The van der Waals surface area contributed by atoms with Crippen molar-refractivity contribution in [1.29, 1.82) is 0 Å². The van der Waals surface area contributed by atoms with Crippen molar-refractivity contribution in [3.05, 3.63) is 40.3 Å². The molecule has 7 nitrogen and oxygen atoms in total. The molecule has 1 aliphatic heterocycles. The van der Waals surface area contributed by atoms with Crippen molar-refractivity contribution in [2.75, 3.05) is 39.9 Å². The Morgan fingerprint density at radius 3 is 2.92 bits per heavy atom. The highest BCUT2D eigenvalue weighted by atomic mass is 32.1. The van der Waals surface area contributed by atoms with E-state index in [0.717, 1.165) is 44.8 Å². The largest absolute Gasteiger partial charge is 0.382 e. The number of hydrogen-bond acceptors (Lipinski definition) is 5. The summed E-state index contributed by atoms with van der Waals surface area (Å²) in [6.45, 7) is 4.81. The lowest BCUT2D eigenvalue weighted by molar-refractivity contribution is 0.152. The van der Waals surface area contributed by atoms with E-state index in [0.29, 0.717) is 6.61 Å². The Bertz CT molecular complexity index is 688. The molecule has 1 aliphatic rings. The number of hydrogen-bond donors (Lipinski definition) is 1. The van der Waals surface area contributed by atoms with Crippen molar-refractivity contribution in [3.8, 4) is 0 Å². The highest BCUT2D eigenvalue weighted by Crippen LogP contribution is 2.15. The zero-order valence-corrected chi connectivity index (χ0v) is 16.2. The van der Waals surface area contributed by atoms with Crippen LogP contribution in [0.1, 0.15) is 23.0 Å². The number of carbonyl (C=O) groups excluding carboxylic acids is 1. The van der Waals surface area contributed by atoms with E-state index in [9.17, 15) is 4.79 Å². The molecule has 142 valence electrons. The van der Waals surface area contributed by atoms with E-state index in [1.807, 2.05) is 18.0 Å². The van der Waals surface area contributed by atoms with Crippen LogP contribution in [0, 0.1) is 0 Å². The summed E-state index contributed by atoms with van der Waals surface area (Å²) >= 11 is 1.79. The minimum Gasteiger partial charge on any atom is -0.382 e. The second kappa shape index (κ2) is 9.16. The van der Waals surface area contributed by atoms with Crippen LogP contribution in [0.5, 0.6) is 0 Å². The van der Waals surface area contributed by atoms with Crippen molar-refractivity contribution < 1.29 is 9.53 Å². The van der Waals surface area contributed by atoms with E-state index >= 15 is 0 Å². The Morgan fingerprint density at radius 1 is 1.35 bits per heavy atom. The molecule has 0 saturated carbocycles. The van der Waals surface area contributed by atoms with Crippen molar-refractivity contribution in [2.45, 2.75) is 19.0 Å². The van der Waals surface area contributed by atoms with Gasteiger partial charge in [-0.05, 0) is 23.9 Å². The Morgan fingerprint density at radius 2 is 2.23 bits per heavy atom.